The molecule has 5 aromatic rings. The summed E-state index contributed by atoms with van der Waals surface area (Å²) in [6, 6.07) is 15.5. The number of hydrogen-bond donors (Lipinski definition) is 2. The summed E-state index contributed by atoms with van der Waals surface area (Å²) < 4.78 is 4.21. The molecule has 0 bridgehead atoms. The Balaban J connectivity index is 1.56. The zero-order chi connectivity index (χ0) is 24.5. The van der Waals surface area contributed by atoms with Crippen LogP contribution in [0.15, 0.2) is 64.3 Å². The van der Waals surface area contributed by atoms with Crippen molar-refractivity contribution in [2.75, 3.05) is 11.9 Å². The smallest absolute Gasteiger partial charge is 0.333 e. The second-order valence-electron chi connectivity index (χ2n) is 8.29. The van der Waals surface area contributed by atoms with Crippen molar-refractivity contribution in [3.05, 3.63) is 91.7 Å². The van der Waals surface area contributed by atoms with Gasteiger partial charge in [-0.25, -0.2) is 4.79 Å². The number of benzene rings is 2. The molecule has 0 saturated carbocycles. The highest BCUT2D eigenvalue weighted by atomic mass is 35.5. The maximum atomic E-state index is 13.2. The van der Waals surface area contributed by atoms with Crippen LogP contribution in [0.2, 0.25) is 5.02 Å². The van der Waals surface area contributed by atoms with Gasteiger partial charge >= 0.3 is 5.69 Å². The minimum absolute atomic E-state index is 0.0101. The van der Waals surface area contributed by atoms with Gasteiger partial charge in [-0.1, -0.05) is 47.9 Å². The molecule has 0 aliphatic carbocycles. The van der Waals surface area contributed by atoms with E-state index in [0.717, 1.165) is 22.1 Å². The fourth-order valence-electron chi connectivity index (χ4n) is 4.30. The number of anilines is 1. The van der Waals surface area contributed by atoms with Crippen LogP contribution in [0.4, 0.5) is 5.95 Å². The second-order valence-corrected chi connectivity index (χ2v) is 8.73. The van der Waals surface area contributed by atoms with E-state index in [9.17, 15) is 9.59 Å². The van der Waals surface area contributed by atoms with Crippen molar-refractivity contribution in [2.24, 2.45) is 7.05 Å². The average molecular weight is 487 g/mol. The summed E-state index contributed by atoms with van der Waals surface area (Å²) in [6.07, 6.45) is 8.25. The van der Waals surface area contributed by atoms with Gasteiger partial charge in [0.1, 0.15) is 0 Å². The van der Waals surface area contributed by atoms with Crippen LogP contribution in [-0.4, -0.2) is 30.2 Å². The third kappa shape index (κ3) is 4.11. The van der Waals surface area contributed by atoms with Crippen molar-refractivity contribution in [1.29, 1.82) is 0 Å². The quantitative estimate of drug-likeness (QED) is 0.345. The number of rotatable bonds is 7. The SMILES string of the molecule is C#CCn1c(=O)n(C)c(=O)c2c1nc(NCCc1c[nH]c3ccccc13)n2Cc1ccc(Cl)cc1. The van der Waals surface area contributed by atoms with Crippen molar-refractivity contribution in [2.45, 2.75) is 19.5 Å². The molecule has 3 heterocycles. The Morgan fingerprint density at radius 1 is 1.11 bits per heavy atom. The maximum Gasteiger partial charge on any atom is 0.333 e. The number of hydrogen-bond acceptors (Lipinski definition) is 4. The van der Waals surface area contributed by atoms with Gasteiger partial charge in [0.2, 0.25) is 5.95 Å². The van der Waals surface area contributed by atoms with Crippen LogP contribution in [0.3, 0.4) is 0 Å². The highest BCUT2D eigenvalue weighted by Gasteiger charge is 2.20. The molecular weight excluding hydrogens is 464 g/mol. The molecule has 0 atom stereocenters. The Labute approximate surface area is 205 Å². The van der Waals surface area contributed by atoms with E-state index in [-0.39, 0.29) is 12.2 Å². The topological polar surface area (TPSA) is 89.6 Å². The number of aromatic amines is 1. The van der Waals surface area contributed by atoms with Gasteiger partial charge < -0.3 is 10.3 Å². The molecule has 0 fully saturated rings. The van der Waals surface area contributed by atoms with Gasteiger partial charge in [0, 0.05) is 35.7 Å². The summed E-state index contributed by atoms with van der Waals surface area (Å²) in [4.78, 5) is 33.9. The molecule has 176 valence electrons. The molecule has 2 aromatic carbocycles. The minimum Gasteiger partial charge on any atom is -0.361 e. The predicted octanol–water partition coefficient (Wildman–Crippen LogP) is 3.37. The standard InChI is InChI=1S/C26H23ClN6O2/c1-3-14-32-23-22(24(34)31(2)26(32)35)33(16-17-8-10-19(27)11-9-17)25(30-23)28-13-12-18-15-29-21-7-5-4-6-20(18)21/h1,4-11,15,29H,12-14,16H2,2H3,(H,28,30). The van der Waals surface area contributed by atoms with Crippen molar-refractivity contribution in [1.82, 2.24) is 23.7 Å². The molecule has 0 amide bonds. The summed E-state index contributed by atoms with van der Waals surface area (Å²) in [5.41, 5.74) is 2.84. The Morgan fingerprint density at radius 2 is 1.89 bits per heavy atom. The van der Waals surface area contributed by atoms with Gasteiger partial charge in [-0.3, -0.25) is 18.5 Å². The van der Waals surface area contributed by atoms with Crippen LogP contribution < -0.4 is 16.6 Å². The molecule has 2 N–H and O–H groups in total. The van der Waals surface area contributed by atoms with E-state index in [1.165, 1.54) is 22.6 Å². The van der Waals surface area contributed by atoms with Gasteiger partial charge in [0.25, 0.3) is 5.56 Å². The van der Waals surface area contributed by atoms with Crippen molar-refractivity contribution >= 4 is 39.6 Å². The Morgan fingerprint density at radius 3 is 2.66 bits per heavy atom. The number of nitrogens with one attached hydrogen (secondary N) is 2. The van der Waals surface area contributed by atoms with E-state index in [2.05, 4.69) is 27.3 Å². The van der Waals surface area contributed by atoms with E-state index >= 15 is 0 Å². The van der Waals surface area contributed by atoms with Gasteiger partial charge in [-0.15, -0.1) is 6.42 Å². The van der Waals surface area contributed by atoms with Crippen LogP contribution in [-0.2, 0) is 26.6 Å². The average Bonchev–Trinajstić information content (AvgIpc) is 3.44. The van der Waals surface area contributed by atoms with Gasteiger partial charge in [-0.2, -0.15) is 4.98 Å². The summed E-state index contributed by atoms with van der Waals surface area (Å²) in [5, 5.41) is 5.16. The van der Waals surface area contributed by atoms with Crippen LogP contribution in [0.5, 0.6) is 0 Å². The number of aromatic nitrogens is 5. The highest BCUT2D eigenvalue weighted by Crippen LogP contribution is 2.21. The molecule has 3 aromatic heterocycles. The molecule has 0 spiro atoms. The lowest BCUT2D eigenvalue weighted by Gasteiger charge is -2.11. The highest BCUT2D eigenvalue weighted by molar-refractivity contribution is 6.30. The molecule has 5 rings (SSSR count). The van der Waals surface area contributed by atoms with E-state index in [1.807, 2.05) is 36.5 Å². The molecular formula is C26H23ClN6O2. The zero-order valence-electron chi connectivity index (χ0n) is 19.1. The third-order valence-electron chi connectivity index (χ3n) is 6.09. The normalized spacial score (nSPS) is 11.2. The number of halogens is 1. The monoisotopic (exact) mass is 486 g/mol. The van der Waals surface area contributed by atoms with Gasteiger partial charge in [-0.05, 0) is 35.7 Å². The second kappa shape index (κ2) is 9.20. The van der Waals surface area contributed by atoms with Crippen molar-refractivity contribution in [3.63, 3.8) is 0 Å². The number of nitrogens with zero attached hydrogens (tertiary/aromatic N) is 4. The fourth-order valence-corrected chi connectivity index (χ4v) is 4.43. The van der Waals surface area contributed by atoms with Crippen molar-refractivity contribution in [3.8, 4) is 12.3 Å². The Kier molecular flexibility index (Phi) is 5.93. The van der Waals surface area contributed by atoms with E-state index in [1.54, 1.807) is 16.7 Å². The molecule has 0 aliphatic heterocycles. The predicted molar refractivity (Wildman–Crippen MR) is 139 cm³/mol. The van der Waals surface area contributed by atoms with E-state index in [0.29, 0.717) is 29.6 Å². The van der Waals surface area contributed by atoms with Gasteiger partial charge in [0.05, 0.1) is 13.1 Å². The van der Waals surface area contributed by atoms with Crippen LogP contribution in [0.1, 0.15) is 11.1 Å². The Bertz CT molecular complexity index is 1700. The van der Waals surface area contributed by atoms with Crippen LogP contribution in [0, 0.1) is 12.3 Å². The molecule has 8 nitrogen and oxygen atoms in total. The lowest BCUT2D eigenvalue weighted by molar-refractivity contribution is 0.680. The number of para-hydroxylation sites is 1. The molecule has 35 heavy (non-hydrogen) atoms. The fraction of sp³-hybridized carbons (Fsp3) is 0.192. The number of terminal acetylenes is 1. The summed E-state index contributed by atoms with van der Waals surface area (Å²) >= 11 is 6.05. The summed E-state index contributed by atoms with van der Waals surface area (Å²) in [6.45, 7) is 0.953. The van der Waals surface area contributed by atoms with Crippen molar-refractivity contribution < 1.29 is 0 Å². The van der Waals surface area contributed by atoms with E-state index < -0.39 is 11.2 Å². The van der Waals surface area contributed by atoms with E-state index in [4.69, 9.17) is 18.0 Å². The maximum absolute atomic E-state index is 13.2. The molecule has 0 radical (unpaired) electrons. The summed E-state index contributed by atoms with van der Waals surface area (Å²) in [7, 11) is 1.45. The zero-order valence-corrected chi connectivity index (χ0v) is 19.8. The van der Waals surface area contributed by atoms with Crippen LogP contribution in [0.25, 0.3) is 22.1 Å². The number of fused-ring (bicyclic) bond motifs is 2. The van der Waals surface area contributed by atoms with Gasteiger partial charge in [0.15, 0.2) is 11.2 Å². The molecule has 0 saturated heterocycles. The largest absolute Gasteiger partial charge is 0.361 e. The first-order valence-corrected chi connectivity index (χ1v) is 11.5. The number of imidazole rings is 1. The Hall–Kier alpha value is -4.22. The minimum atomic E-state index is -0.498. The first-order valence-electron chi connectivity index (χ1n) is 11.1. The lowest BCUT2D eigenvalue weighted by atomic mass is 10.1. The summed E-state index contributed by atoms with van der Waals surface area (Å²) in [5.74, 6) is 2.98. The first kappa shape index (κ1) is 22.6. The first-order chi connectivity index (χ1) is 17.0. The molecule has 9 heteroatoms. The molecule has 0 aliphatic rings. The lowest BCUT2D eigenvalue weighted by Crippen LogP contribution is -2.38. The third-order valence-corrected chi connectivity index (χ3v) is 6.34. The molecule has 0 unspecified atom stereocenters. The van der Waals surface area contributed by atoms with Crippen LogP contribution >= 0.6 is 11.6 Å². The number of H-pyrrole nitrogens is 1.